The molecule has 2 aliphatic heterocycles. The molecule has 152 valence electrons. The second-order valence-corrected chi connectivity index (χ2v) is 7.80. The van der Waals surface area contributed by atoms with E-state index >= 15 is 0 Å². The number of fused-ring (bicyclic) bond motifs is 3. The summed E-state index contributed by atoms with van der Waals surface area (Å²) in [4.78, 5) is 36.9. The Kier molecular flexibility index (Phi) is 4.58. The second kappa shape index (κ2) is 7.40. The Bertz CT molecular complexity index is 1090. The van der Waals surface area contributed by atoms with E-state index in [-0.39, 0.29) is 23.9 Å². The number of rotatable bonds is 3. The van der Waals surface area contributed by atoms with Crippen LogP contribution < -0.4 is 5.32 Å². The van der Waals surface area contributed by atoms with Crippen LogP contribution in [0.5, 0.6) is 0 Å². The third kappa shape index (κ3) is 2.98. The number of carbonyl (C=O) groups excluding carboxylic acids is 2. The van der Waals surface area contributed by atoms with Crippen LogP contribution in [0.3, 0.4) is 0 Å². The molecule has 0 radical (unpaired) electrons. The van der Waals surface area contributed by atoms with E-state index in [4.69, 9.17) is 4.98 Å². The molecule has 2 atom stereocenters. The summed E-state index contributed by atoms with van der Waals surface area (Å²) in [6.45, 7) is 0.624. The van der Waals surface area contributed by atoms with Crippen LogP contribution in [-0.2, 0) is 13.0 Å². The summed E-state index contributed by atoms with van der Waals surface area (Å²) in [6, 6.07) is 15.4. The predicted molar refractivity (Wildman–Crippen MR) is 112 cm³/mol. The van der Waals surface area contributed by atoms with Crippen LogP contribution in [0.1, 0.15) is 39.5 Å². The number of hydrogen-bond acceptors (Lipinski definition) is 4. The number of aromatic nitrogens is 3. The number of hydrogen-bond donors (Lipinski definition) is 1. The van der Waals surface area contributed by atoms with E-state index in [9.17, 15) is 9.59 Å². The predicted octanol–water partition coefficient (Wildman–Crippen LogP) is 2.53. The topological polar surface area (TPSA) is 80.1 Å². The monoisotopic (exact) mass is 401 g/mol. The van der Waals surface area contributed by atoms with Gasteiger partial charge in [0.05, 0.1) is 11.7 Å². The Morgan fingerprint density at radius 2 is 1.80 bits per heavy atom. The van der Waals surface area contributed by atoms with E-state index in [1.807, 2.05) is 47.4 Å². The van der Waals surface area contributed by atoms with Gasteiger partial charge in [0.25, 0.3) is 11.8 Å². The average Bonchev–Trinajstić information content (AvgIpc) is 3.30. The summed E-state index contributed by atoms with van der Waals surface area (Å²) in [5.41, 5.74) is 2.79. The molecule has 2 aliphatic rings. The van der Waals surface area contributed by atoms with Gasteiger partial charge in [-0.15, -0.1) is 0 Å². The SMILES string of the molecule is CNC(=O)c1nc(-c2ccccc2)n2c1C[C@@H]1CC[C@H](C2)N1C(=O)c1ccccn1. The van der Waals surface area contributed by atoms with Crippen molar-refractivity contribution in [3.05, 3.63) is 71.8 Å². The van der Waals surface area contributed by atoms with Gasteiger partial charge in [0.15, 0.2) is 0 Å². The zero-order valence-corrected chi connectivity index (χ0v) is 16.8. The minimum atomic E-state index is -0.193. The highest BCUT2D eigenvalue weighted by atomic mass is 16.2. The molecule has 2 bridgehead atoms. The summed E-state index contributed by atoms with van der Waals surface area (Å²) in [5, 5.41) is 2.72. The standard InChI is InChI=1S/C23H23N5O2/c1-24-22(29)20-19-13-16-10-11-17(28(16)23(30)18-9-5-6-12-25-18)14-27(19)21(26-20)15-7-3-2-4-8-15/h2-9,12,16-17H,10-11,13-14H2,1H3,(H,24,29)/t16-,17+/m0/s1. The van der Waals surface area contributed by atoms with Crippen molar-refractivity contribution in [2.24, 2.45) is 0 Å². The summed E-state index contributed by atoms with van der Waals surface area (Å²) in [7, 11) is 1.62. The lowest BCUT2D eigenvalue weighted by molar-refractivity contribution is 0.0660. The lowest BCUT2D eigenvalue weighted by Crippen LogP contribution is -2.42. The van der Waals surface area contributed by atoms with Gasteiger partial charge in [0.2, 0.25) is 0 Å². The molecule has 0 aliphatic carbocycles. The van der Waals surface area contributed by atoms with E-state index in [0.29, 0.717) is 24.4 Å². The lowest BCUT2D eigenvalue weighted by atomic mass is 10.1. The average molecular weight is 401 g/mol. The van der Waals surface area contributed by atoms with Crippen molar-refractivity contribution in [2.75, 3.05) is 7.05 Å². The van der Waals surface area contributed by atoms with E-state index in [2.05, 4.69) is 14.9 Å². The lowest BCUT2D eigenvalue weighted by Gasteiger charge is -2.27. The molecule has 5 rings (SSSR count). The molecule has 0 unspecified atom stereocenters. The van der Waals surface area contributed by atoms with Gasteiger partial charge in [-0.25, -0.2) is 4.98 Å². The highest BCUT2D eigenvalue weighted by Crippen LogP contribution is 2.36. The van der Waals surface area contributed by atoms with Crippen molar-refractivity contribution >= 4 is 11.8 Å². The molecule has 0 spiro atoms. The van der Waals surface area contributed by atoms with Gasteiger partial charge in [-0.05, 0) is 25.0 Å². The highest BCUT2D eigenvalue weighted by molar-refractivity contribution is 5.95. The molecule has 4 heterocycles. The smallest absolute Gasteiger partial charge is 0.273 e. The Hall–Kier alpha value is -3.48. The number of nitrogens with zero attached hydrogens (tertiary/aromatic N) is 4. The van der Waals surface area contributed by atoms with Crippen LogP contribution in [-0.4, -0.2) is 50.4 Å². The van der Waals surface area contributed by atoms with Crippen LogP contribution in [0.4, 0.5) is 0 Å². The number of pyridine rings is 1. The third-order valence-electron chi connectivity index (χ3n) is 6.11. The second-order valence-electron chi connectivity index (χ2n) is 7.80. The van der Waals surface area contributed by atoms with Crippen molar-refractivity contribution in [1.29, 1.82) is 0 Å². The van der Waals surface area contributed by atoms with Gasteiger partial charge in [0.1, 0.15) is 17.2 Å². The van der Waals surface area contributed by atoms with Crippen LogP contribution in [0.2, 0.25) is 0 Å². The van der Waals surface area contributed by atoms with Crippen LogP contribution in [0.25, 0.3) is 11.4 Å². The number of carbonyl (C=O) groups is 2. The maximum atomic E-state index is 13.3. The molecule has 1 fully saturated rings. The molecule has 0 saturated carbocycles. The Morgan fingerprint density at radius 1 is 1.03 bits per heavy atom. The molecular formula is C23H23N5O2. The fourth-order valence-electron chi connectivity index (χ4n) is 4.73. The fraction of sp³-hybridized carbons (Fsp3) is 0.304. The summed E-state index contributed by atoms with van der Waals surface area (Å²) in [6.07, 6.45) is 4.11. The molecule has 1 aromatic carbocycles. The van der Waals surface area contributed by atoms with Crippen LogP contribution in [0, 0.1) is 0 Å². The molecule has 7 heteroatoms. The van der Waals surface area contributed by atoms with Crippen molar-refractivity contribution in [3.8, 4) is 11.4 Å². The third-order valence-corrected chi connectivity index (χ3v) is 6.11. The van der Waals surface area contributed by atoms with Gasteiger partial charge >= 0.3 is 0 Å². The zero-order chi connectivity index (χ0) is 20.7. The van der Waals surface area contributed by atoms with Crippen molar-refractivity contribution in [3.63, 3.8) is 0 Å². The van der Waals surface area contributed by atoms with Crippen molar-refractivity contribution in [2.45, 2.75) is 37.9 Å². The number of benzene rings is 1. The first kappa shape index (κ1) is 18.5. The largest absolute Gasteiger partial charge is 0.354 e. The first-order valence-electron chi connectivity index (χ1n) is 10.3. The van der Waals surface area contributed by atoms with Crippen molar-refractivity contribution in [1.82, 2.24) is 24.8 Å². The van der Waals surface area contributed by atoms with E-state index in [0.717, 1.165) is 29.9 Å². The quantitative estimate of drug-likeness (QED) is 0.731. The Labute approximate surface area is 174 Å². The molecule has 30 heavy (non-hydrogen) atoms. The molecule has 1 N–H and O–H groups in total. The van der Waals surface area contributed by atoms with Gasteiger partial charge < -0.3 is 14.8 Å². The van der Waals surface area contributed by atoms with Gasteiger partial charge in [-0.2, -0.15) is 0 Å². The molecule has 1 saturated heterocycles. The molecule has 2 amide bonds. The highest BCUT2D eigenvalue weighted by Gasteiger charge is 2.42. The van der Waals surface area contributed by atoms with Gasteiger partial charge in [0, 0.05) is 37.8 Å². The van der Waals surface area contributed by atoms with Crippen LogP contribution >= 0.6 is 0 Å². The van der Waals surface area contributed by atoms with Gasteiger partial charge in [-0.3, -0.25) is 14.6 Å². The molecule has 7 nitrogen and oxygen atoms in total. The maximum absolute atomic E-state index is 13.3. The van der Waals surface area contributed by atoms with E-state index in [1.54, 1.807) is 19.3 Å². The zero-order valence-electron chi connectivity index (χ0n) is 16.8. The van der Waals surface area contributed by atoms with Crippen LogP contribution in [0.15, 0.2) is 54.7 Å². The summed E-state index contributed by atoms with van der Waals surface area (Å²) < 4.78 is 2.14. The minimum Gasteiger partial charge on any atom is -0.354 e. The van der Waals surface area contributed by atoms with E-state index in [1.165, 1.54) is 0 Å². The minimum absolute atomic E-state index is 0.0366. The maximum Gasteiger partial charge on any atom is 0.273 e. The molecule has 2 aromatic heterocycles. The number of nitrogens with one attached hydrogen (secondary N) is 1. The Morgan fingerprint density at radius 3 is 2.53 bits per heavy atom. The number of imidazole rings is 1. The fourth-order valence-corrected chi connectivity index (χ4v) is 4.73. The first-order valence-corrected chi connectivity index (χ1v) is 10.3. The number of amides is 2. The normalized spacial score (nSPS) is 19.8. The summed E-state index contributed by atoms with van der Waals surface area (Å²) >= 11 is 0. The molecular weight excluding hydrogens is 378 g/mol. The van der Waals surface area contributed by atoms with Crippen molar-refractivity contribution < 1.29 is 9.59 Å². The van der Waals surface area contributed by atoms with Gasteiger partial charge in [-0.1, -0.05) is 36.4 Å². The summed E-state index contributed by atoms with van der Waals surface area (Å²) in [5.74, 6) is 0.549. The Balaban J connectivity index is 1.58. The molecule has 3 aromatic rings. The first-order chi connectivity index (χ1) is 14.7. The van der Waals surface area contributed by atoms with E-state index < -0.39 is 0 Å².